The summed E-state index contributed by atoms with van der Waals surface area (Å²) in [5.74, 6) is 6.90. The van der Waals surface area contributed by atoms with Gasteiger partial charge in [-0.15, -0.1) is 0 Å². The van der Waals surface area contributed by atoms with Crippen LogP contribution in [0.15, 0.2) is 78.9 Å². The molecule has 0 saturated carbocycles. The fourth-order valence-corrected chi connectivity index (χ4v) is 2.59. The Morgan fingerprint density at radius 2 is 1.56 bits per heavy atom. The average Bonchev–Trinajstić information content (AvgIpc) is 2.73. The molecule has 3 rings (SSSR count). The molecule has 134 valence electrons. The summed E-state index contributed by atoms with van der Waals surface area (Å²) in [5, 5.41) is 2.87. The molecule has 0 fully saturated rings. The van der Waals surface area contributed by atoms with Gasteiger partial charge in [-0.3, -0.25) is 4.90 Å². The molecule has 0 unspecified atom stereocenters. The van der Waals surface area contributed by atoms with Crippen LogP contribution in [-0.2, 0) is 0 Å². The molecule has 4 heteroatoms. The smallest absolute Gasteiger partial charge is 0.326 e. The number of anilines is 2. The number of hydrogen-bond acceptors (Lipinski definition) is 2. The van der Waals surface area contributed by atoms with Gasteiger partial charge in [0.2, 0.25) is 0 Å². The molecule has 3 aromatic carbocycles. The largest absolute Gasteiger partial charge is 0.495 e. The van der Waals surface area contributed by atoms with Gasteiger partial charge < -0.3 is 10.1 Å². The lowest BCUT2D eigenvalue weighted by atomic mass is 10.1. The summed E-state index contributed by atoms with van der Waals surface area (Å²) in [7, 11) is 3.29. The second-order valence-corrected chi connectivity index (χ2v) is 5.82. The number of nitrogens with one attached hydrogen (secondary N) is 1. The van der Waals surface area contributed by atoms with E-state index in [1.807, 2.05) is 66.7 Å². The summed E-state index contributed by atoms with van der Waals surface area (Å²) in [5.41, 5.74) is 3.05. The summed E-state index contributed by atoms with van der Waals surface area (Å²) in [6.07, 6.45) is 0. The zero-order valence-corrected chi connectivity index (χ0v) is 15.3. The number of rotatable bonds is 3. The Kier molecular flexibility index (Phi) is 5.76. The lowest BCUT2D eigenvalue weighted by Crippen LogP contribution is -2.31. The van der Waals surface area contributed by atoms with E-state index in [0.29, 0.717) is 11.4 Å². The molecule has 1 N–H and O–H groups in total. The zero-order chi connectivity index (χ0) is 19.1. The third kappa shape index (κ3) is 4.47. The number of nitrogens with zero attached hydrogens (tertiary/aromatic N) is 1. The molecular weight excluding hydrogens is 336 g/mol. The highest BCUT2D eigenvalue weighted by atomic mass is 16.5. The van der Waals surface area contributed by atoms with Crippen LogP contribution in [0.1, 0.15) is 11.1 Å². The van der Waals surface area contributed by atoms with Gasteiger partial charge in [-0.2, -0.15) is 0 Å². The number of para-hydroxylation sites is 3. The van der Waals surface area contributed by atoms with Crippen molar-refractivity contribution in [1.82, 2.24) is 0 Å². The highest BCUT2D eigenvalue weighted by molar-refractivity contribution is 6.03. The molecule has 0 bridgehead atoms. The molecular formula is C23H20N2O2. The Labute approximate surface area is 159 Å². The molecule has 4 nitrogen and oxygen atoms in total. The highest BCUT2D eigenvalue weighted by Crippen LogP contribution is 2.25. The molecule has 0 heterocycles. The molecule has 27 heavy (non-hydrogen) atoms. The van der Waals surface area contributed by atoms with E-state index >= 15 is 0 Å². The van der Waals surface area contributed by atoms with Crippen molar-refractivity contribution < 1.29 is 9.53 Å². The van der Waals surface area contributed by atoms with Crippen LogP contribution >= 0.6 is 0 Å². The molecule has 2 amide bonds. The number of urea groups is 1. The Morgan fingerprint density at radius 1 is 0.889 bits per heavy atom. The van der Waals surface area contributed by atoms with Crippen molar-refractivity contribution in [2.24, 2.45) is 0 Å². The predicted molar refractivity (Wildman–Crippen MR) is 109 cm³/mol. The van der Waals surface area contributed by atoms with E-state index in [2.05, 4.69) is 17.2 Å². The van der Waals surface area contributed by atoms with Crippen molar-refractivity contribution in [3.8, 4) is 17.6 Å². The van der Waals surface area contributed by atoms with E-state index in [1.54, 1.807) is 31.2 Å². The van der Waals surface area contributed by atoms with Gasteiger partial charge in [0.15, 0.2) is 0 Å². The van der Waals surface area contributed by atoms with Gasteiger partial charge in [0, 0.05) is 18.2 Å². The van der Waals surface area contributed by atoms with Gasteiger partial charge in [0.05, 0.1) is 18.5 Å². The topological polar surface area (TPSA) is 41.6 Å². The maximum atomic E-state index is 12.7. The molecule has 0 spiro atoms. The van der Waals surface area contributed by atoms with Crippen molar-refractivity contribution in [2.75, 3.05) is 24.4 Å². The monoisotopic (exact) mass is 356 g/mol. The summed E-state index contributed by atoms with van der Waals surface area (Å²) in [6.45, 7) is 0. The van der Waals surface area contributed by atoms with Crippen molar-refractivity contribution >= 4 is 17.4 Å². The summed E-state index contributed by atoms with van der Waals surface area (Å²) < 4.78 is 5.29. The van der Waals surface area contributed by atoms with Gasteiger partial charge in [0.1, 0.15) is 5.75 Å². The van der Waals surface area contributed by atoms with E-state index in [-0.39, 0.29) is 6.03 Å². The second kappa shape index (κ2) is 8.59. The predicted octanol–water partition coefficient (Wildman–Crippen LogP) is 4.76. The first-order valence-corrected chi connectivity index (χ1v) is 8.53. The Morgan fingerprint density at radius 3 is 2.33 bits per heavy atom. The van der Waals surface area contributed by atoms with Crippen molar-refractivity contribution in [2.45, 2.75) is 0 Å². The van der Waals surface area contributed by atoms with Crippen LogP contribution in [0.4, 0.5) is 16.2 Å². The average molecular weight is 356 g/mol. The second-order valence-electron chi connectivity index (χ2n) is 5.82. The quantitative estimate of drug-likeness (QED) is 0.687. The van der Waals surface area contributed by atoms with E-state index < -0.39 is 0 Å². The Hall–Kier alpha value is -3.71. The third-order valence-corrected chi connectivity index (χ3v) is 4.03. The summed E-state index contributed by atoms with van der Waals surface area (Å²) in [6, 6.07) is 24.3. The lowest BCUT2D eigenvalue weighted by Gasteiger charge is -2.20. The lowest BCUT2D eigenvalue weighted by molar-refractivity contribution is 0.258. The van der Waals surface area contributed by atoms with Crippen LogP contribution in [-0.4, -0.2) is 20.2 Å². The molecule has 0 aliphatic carbocycles. The van der Waals surface area contributed by atoms with Crippen LogP contribution in [0, 0.1) is 11.8 Å². The first-order valence-electron chi connectivity index (χ1n) is 8.53. The molecule has 0 radical (unpaired) electrons. The highest BCUT2D eigenvalue weighted by Gasteiger charge is 2.15. The standard InChI is InChI=1S/C23H20N2O2/c1-25(23(26)24-20-13-7-9-15-22(20)27-2)21-14-8-6-12-19(21)17-16-18-10-4-3-5-11-18/h3-15H,1-2H3,(H,24,26). The van der Waals surface area contributed by atoms with E-state index in [9.17, 15) is 4.79 Å². The number of hydrogen-bond donors (Lipinski definition) is 1. The van der Waals surface area contributed by atoms with Crippen LogP contribution in [0.5, 0.6) is 5.75 Å². The van der Waals surface area contributed by atoms with Crippen molar-refractivity contribution in [1.29, 1.82) is 0 Å². The summed E-state index contributed by atoms with van der Waals surface area (Å²) in [4.78, 5) is 14.3. The molecule has 0 aromatic heterocycles. The molecule has 0 atom stereocenters. The first kappa shape index (κ1) is 18.1. The van der Waals surface area contributed by atoms with Crippen molar-refractivity contribution in [3.63, 3.8) is 0 Å². The van der Waals surface area contributed by atoms with Gasteiger partial charge in [-0.25, -0.2) is 4.79 Å². The molecule has 3 aromatic rings. The number of carbonyl (C=O) groups is 1. The molecule has 0 aliphatic heterocycles. The van der Waals surface area contributed by atoms with Gasteiger partial charge in [-0.1, -0.05) is 54.3 Å². The fraction of sp³-hybridized carbons (Fsp3) is 0.0870. The van der Waals surface area contributed by atoms with Crippen LogP contribution in [0.2, 0.25) is 0 Å². The zero-order valence-electron chi connectivity index (χ0n) is 15.3. The van der Waals surface area contributed by atoms with Crippen LogP contribution < -0.4 is 15.0 Å². The van der Waals surface area contributed by atoms with Gasteiger partial charge in [0.25, 0.3) is 0 Å². The number of benzene rings is 3. The minimum atomic E-state index is -0.270. The minimum absolute atomic E-state index is 0.270. The van der Waals surface area contributed by atoms with Gasteiger partial charge >= 0.3 is 6.03 Å². The van der Waals surface area contributed by atoms with Gasteiger partial charge in [-0.05, 0) is 36.4 Å². The number of carbonyl (C=O) groups excluding carboxylic acids is 1. The number of ether oxygens (including phenoxy) is 1. The SMILES string of the molecule is COc1ccccc1NC(=O)N(C)c1ccccc1C#Cc1ccccc1. The molecule has 0 saturated heterocycles. The minimum Gasteiger partial charge on any atom is -0.495 e. The van der Waals surface area contributed by atoms with E-state index in [0.717, 1.165) is 16.8 Å². The van der Waals surface area contributed by atoms with Crippen molar-refractivity contribution in [3.05, 3.63) is 90.0 Å². The molecule has 0 aliphatic rings. The third-order valence-electron chi connectivity index (χ3n) is 4.03. The van der Waals surface area contributed by atoms with Crippen LogP contribution in [0.25, 0.3) is 0 Å². The summed E-state index contributed by atoms with van der Waals surface area (Å²) >= 11 is 0. The fourth-order valence-electron chi connectivity index (χ4n) is 2.59. The number of methoxy groups -OCH3 is 1. The van der Waals surface area contributed by atoms with E-state index in [4.69, 9.17) is 4.74 Å². The Bertz CT molecular complexity index is 988. The first-order chi connectivity index (χ1) is 13.2. The van der Waals surface area contributed by atoms with E-state index in [1.165, 1.54) is 0 Å². The normalized spacial score (nSPS) is 9.70. The number of amides is 2. The maximum Gasteiger partial charge on any atom is 0.326 e. The maximum absolute atomic E-state index is 12.7. The Balaban J connectivity index is 1.84. The van der Waals surface area contributed by atoms with Crippen LogP contribution in [0.3, 0.4) is 0 Å².